The van der Waals surface area contributed by atoms with Gasteiger partial charge in [-0.15, -0.1) is 0 Å². The third-order valence-corrected chi connectivity index (χ3v) is 1.54. The lowest BCUT2D eigenvalue weighted by molar-refractivity contribution is -0.142. The summed E-state index contributed by atoms with van der Waals surface area (Å²) in [6, 6.07) is 0. The second-order valence-electron chi connectivity index (χ2n) is 3.28. The largest absolute Gasteiger partial charge is 0.466 e. The summed E-state index contributed by atoms with van der Waals surface area (Å²) >= 11 is 0. The minimum absolute atomic E-state index is 0.190. The predicted molar refractivity (Wildman–Crippen MR) is 47.0 cm³/mol. The van der Waals surface area contributed by atoms with Gasteiger partial charge in [0.1, 0.15) is 0 Å². The van der Waals surface area contributed by atoms with Crippen LogP contribution in [0.5, 0.6) is 0 Å². The van der Waals surface area contributed by atoms with Crippen LogP contribution >= 0.6 is 0 Å². The van der Waals surface area contributed by atoms with Gasteiger partial charge in [-0.1, -0.05) is 0 Å². The first-order valence-electron chi connectivity index (χ1n) is 4.25. The summed E-state index contributed by atoms with van der Waals surface area (Å²) in [6.45, 7) is 8.46. The minimum atomic E-state index is -0.234. The van der Waals surface area contributed by atoms with Gasteiger partial charge in [-0.3, -0.25) is 4.79 Å². The van der Waals surface area contributed by atoms with E-state index in [-0.39, 0.29) is 11.6 Å². The van der Waals surface area contributed by atoms with E-state index in [0.717, 1.165) is 6.42 Å². The lowest BCUT2D eigenvalue weighted by atomic mass is 10.1. The number of carbonyl (C=O) groups is 1. The Kier molecular flexibility index (Phi) is 4.90. The van der Waals surface area contributed by atoms with Crippen LogP contribution < -0.4 is 0 Å². The maximum atomic E-state index is 10.4. The van der Waals surface area contributed by atoms with Gasteiger partial charge in [0.25, 0.3) is 0 Å². The van der Waals surface area contributed by atoms with Crippen molar-refractivity contribution in [1.29, 1.82) is 0 Å². The van der Waals surface area contributed by atoms with Crippen LogP contribution in [0.25, 0.3) is 0 Å². The fourth-order valence-electron chi connectivity index (χ4n) is 0.903. The Hall–Kier alpha value is -0.570. The van der Waals surface area contributed by atoms with Crippen molar-refractivity contribution < 1.29 is 14.3 Å². The normalized spacial score (nSPS) is 11.3. The van der Waals surface area contributed by atoms with E-state index in [1.165, 1.54) is 6.92 Å². The van der Waals surface area contributed by atoms with Gasteiger partial charge < -0.3 is 9.47 Å². The van der Waals surface area contributed by atoms with E-state index in [4.69, 9.17) is 9.47 Å². The zero-order valence-corrected chi connectivity index (χ0v) is 8.35. The van der Waals surface area contributed by atoms with Gasteiger partial charge in [0.15, 0.2) is 0 Å². The van der Waals surface area contributed by atoms with E-state index in [1.807, 2.05) is 20.8 Å². The second-order valence-corrected chi connectivity index (χ2v) is 3.28. The zero-order valence-electron chi connectivity index (χ0n) is 8.35. The van der Waals surface area contributed by atoms with Crippen molar-refractivity contribution in [1.82, 2.24) is 0 Å². The number of hydrogen-bond acceptors (Lipinski definition) is 3. The highest BCUT2D eigenvalue weighted by atomic mass is 16.5. The van der Waals surface area contributed by atoms with Crippen LogP contribution in [0.15, 0.2) is 0 Å². The van der Waals surface area contributed by atoms with Gasteiger partial charge in [-0.2, -0.15) is 0 Å². The van der Waals surface area contributed by atoms with Gasteiger partial charge in [0, 0.05) is 20.0 Å². The number of rotatable bonds is 5. The lowest BCUT2D eigenvalue weighted by Crippen LogP contribution is -2.26. The molecular weight excluding hydrogens is 156 g/mol. The molecule has 0 saturated heterocycles. The monoisotopic (exact) mass is 174 g/mol. The molecule has 0 aromatic rings. The zero-order chi connectivity index (χ0) is 9.61. The molecular formula is C9H18O3. The fraction of sp³-hybridized carbons (Fsp3) is 0.889. The molecule has 72 valence electrons. The van der Waals surface area contributed by atoms with Crippen molar-refractivity contribution in [2.24, 2.45) is 0 Å². The molecule has 0 atom stereocenters. The second kappa shape index (κ2) is 5.14. The molecule has 0 amide bonds. The van der Waals surface area contributed by atoms with Crippen molar-refractivity contribution in [3.8, 4) is 0 Å². The van der Waals surface area contributed by atoms with Crippen LogP contribution in [0.1, 0.15) is 34.1 Å². The van der Waals surface area contributed by atoms with E-state index in [0.29, 0.717) is 13.2 Å². The van der Waals surface area contributed by atoms with E-state index in [9.17, 15) is 4.79 Å². The summed E-state index contributed by atoms with van der Waals surface area (Å²) in [7, 11) is 0. The number of esters is 1. The lowest BCUT2D eigenvalue weighted by Gasteiger charge is -2.23. The van der Waals surface area contributed by atoms with Gasteiger partial charge in [-0.05, 0) is 20.8 Å². The van der Waals surface area contributed by atoms with Crippen molar-refractivity contribution in [3.63, 3.8) is 0 Å². The summed E-state index contributed by atoms with van der Waals surface area (Å²) in [6.07, 6.45) is 0.737. The molecule has 0 aliphatic heterocycles. The molecule has 0 aliphatic rings. The Morgan fingerprint density at radius 3 is 2.42 bits per heavy atom. The highest BCUT2D eigenvalue weighted by Gasteiger charge is 2.17. The molecule has 0 aromatic heterocycles. The van der Waals surface area contributed by atoms with Crippen LogP contribution in [0.3, 0.4) is 0 Å². The maximum Gasteiger partial charge on any atom is 0.302 e. The first kappa shape index (κ1) is 11.4. The first-order valence-corrected chi connectivity index (χ1v) is 4.25. The summed E-state index contributed by atoms with van der Waals surface area (Å²) in [5.74, 6) is -0.234. The fourth-order valence-corrected chi connectivity index (χ4v) is 0.903. The Morgan fingerprint density at radius 1 is 1.42 bits per heavy atom. The average Bonchev–Trinajstić information content (AvgIpc) is 1.85. The van der Waals surface area contributed by atoms with Crippen LogP contribution in [0, 0.1) is 0 Å². The Balaban J connectivity index is 3.53. The molecule has 0 bridgehead atoms. The summed E-state index contributed by atoms with van der Waals surface area (Å²) < 4.78 is 10.2. The Labute approximate surface area is 74.0 Å². The predicted octanol–water partition coefficient (Wildman–Crippen LogP) is 1.75. The topological polar surface area (TPSA) is 35.5 Å². The molecule has 0 N–H and O–H groups in total. The molecule has 0 saturated carbocycles. The van der Waals surface area contributed by atoms with E-state index in [1.54, 1.807) is 0 Å². The van der Waals surface area contributed by atoms with E-state index >= 15 is 0 Å². The van der Waals surface area contributed by atoms with Crippen molar-refractivity contribution in [3.05, 3.63) is 0 Å². The average molecular weight is 174 g/mol. The van der Waals surface area contributed by atoms with Crippen LogP contribution in [-0.4, -0.2) is 24.8 Å². The van der Waals surface area contributed by atoms with Gasteiger partial charge in [-0.25, -0.2) is 0 Å². The molecule has 12 heavy (non-hydrogen) atoms. The molecule has 0 spiro atoms. The molecule has 0 aromatic carbocycles. The number of hydrogen-bond donors (Lipinski definition) is 0. The number of carbonyl (C=O) groups excluding carboxylic acids is 1. The molecule has 3 heteroatoms. The standard InChI is InChI=1S/C9H18O3/c1-5-12-9(3,4)6-7-11-8(2)10/h5-7H2,1-4H3. The van der Waals surface area contributed by atoms with Crippen LogP contribution in [-0.2, 0) is 14.3 Å². The molecule has 0 rings (SSSR count). The van der Waals surface area contributed by atoms with Gasteiger partial charge in [0.05, 0.1) is 12.2 Å². The minimum Gasteiger partial charge on any atom is -0.466 e. The number of ether oxygens (including phenoxy) is 2. The summed E-state index contributed by atoms with van der Waals surface area (Å²) in [5.41, 5.74) is -0.190. The first-order chi connectivity index (χ1) is 5.48. The molecule has 0 fully saturated rings. The SMILES string of the molecule is CCOC(C)(C)CCOC(C)=O. The Morgan fingerprint density at radius 2 is 2.00 bits per heavy atom. The van der Waals surface area contributed by atoms with Crippen LogP contribution in [0.2, 0.25) is 0 Å². The highest BCUT2D eigenvalue weighted by molar-refractivity contribution is 5.65. The Bertz CT molecular complexity index is 141. The van der Waals surface area contributed by atoms with Crippen molar-refractivity contribution >= 4 is 5.97 Å². The third-order valence-electron chi connectivity index (χ3n) is 1.54. The molecule has 3 nitrogen and oxygen atoms in total. The van der Waals surface area contributed by atoms with Gasteiger partial charge >= 0.3 is 5.97 Å². The summed E-state index contributed by atoms with van der Waals surface area (Å²) in [4.78, 5) is 10.4. The highest BCUT2D eigenvalue weighted by Crippen LogP contribution is 2.13. The van der Waals surface area contributed by atoms with E-state index in [2.05, 4.69) is 0 Å². The molecule has 0 radical (unpaired) electrons. The smallest absolute Gasteiger partial charge is 0.302 e. The van der Waals surface area contributed by atoms with Crippen molar-refractivity contribution in [2.75, 3.05) is 13.2 Å². The summed E-state index contributed by atoms with van der Waals surface area (Å²) in [5, 5.41) is 0. The van der Waals surface area contributed by atoms with Crippen LogP contribution in [0.4, 0.5) is 0 Å². The van der Waals surface area contributed by atoms with E-state index < -0.39 is 0 Å². The third kappa shape index (κ3) is 6.16. The maximum absolute atomic E-state index is 10.4. The quantitative estimate of drug-likeness (QED) is 0.596. The molecule has 0 unspecified atom stereocenters. The molecule has 0 aliphatic carbocycles. The van der Waals surface area contributed by atoms with Crippen molar-refractivity contribution in [2.45, 2.75) is 39.7 Å². The molecule has 0 heterocycles. The van der Waals surface area contributed by atoms with Gasteiger partial charge in [0.2, 0.25) is 0 Å².